The Morgan fingerprint density at radius 2 is 1.85 bits per heavy atom. The minimum atomic E-state index is -0.401. The second kappa shape index (κ2) is 7.18. The summed E-state index contributed by atoms with van der Waals surface area (Å²) in [6.07, 6.45) is 1.40. The highest BCUT2D eigenvalue weighted by molar-refractivity contribution is 9.10. The van der Waals surface area contributed by atoms with Gasteiger partial charge in [0.1, 0.15) is 5.82 Å². The molecule has 2 nitrogen and oxygen atoms in total. The van der Waals surface area contributed by atoms with Crippen molar-refractivity contribution in [2.24, 2.45) is 5.84 Å². The first-order chi connectivity index (χ1) is 9.58. The van der Waals surface area contributed by atoms with E-state index in [1.807, 2.05) is 30.3 Å². The zero-order chi connectivity index (χ0) is 14.5. The van der Waals surface area contributed by atoms with Gasteiger partial charge in [0.25, 0.3) is 0 Å². The zero-order valence-electron chi connectivity index (χ0n) is 10.7. The van der Waals surface area contributed by atoms with Crippen LogP contribution in [0.2, 0.25) is 5.02 Å². The molecule has 0 radical (unpaired) electrons. The van der Waals surface area contributed by atoms with Crippen LogP contribution < -0.4 is 11.3 Å². The normalized spacial score (nSPS) is 12.4. The number of halogens is 3. The van der Waals surface area contributed by atoms with Gasteiger partial charge >= 0.3 is 0 Å². The Balaban J connectivity index is 2.07. The van der Waals surface area contributed by atoms with Gasteiger partial charge in [-0.2, -0.15) is 0 Å². The van der Waals surface area contributed by atoms with Crippen LogP contribution in [0, 0.1) is 5.82 Å². The maximum Gasteiger partial charge on any atom is 0.142 e. The third-order valence-corrected chi connectivity index (χ3v) is 3.87. The summed E-state index contributed by atoms with van der Waals surface area (Å²) in [6, 6.07) is 12.9. The Morgan fingerprint density at radius 3 is 2.45 bits per heavy atom. The smallest absolute Gasteiger partial charge is 0.142 e. The van der Waals surface area contributed by atoms with E-state index in [4.69, 9.17) is 17.4 Å². The highest BCUT2D eigenvalue weighted by atomic mass is 79.9. The minimum absolute atomic E-state index is 0.0323. The molecule has 106 valence electrons. The standard InChI is InChI=1S/C15H15BrClFN2/c16-12-3-1-2-10(6-12)7-13(20-19)8-11-4-5-14(17)15(18)9-11/h1-6,9,13,20H,7-8,19H2. The molecule has 0 aliphatic carbocycles. The molecule has 0 aromatic heterocycles. The molecular formula is C15H15BrClFN2. The van der Waals surface area contributed by atoms with E-state index < -0.39 is 5.82 Å². The summed E-state index contributed by atoms with van der Waals surface area (Å²) < 4.78 is 14.5. The van der Waals surface area contributed by atoms with Crippen molar-refractivity contribution in [2.75, 3.05) is 0 Å². The number of nitrogens with two attached hydrogens (primary N) is 1. The van der Waals surface area contributed by atoms with Gasteiger partial charge in [0.05, 0.1) is 5.02 Å². The molecule has 1 atom stereocenters. The van der Waals surface area contributed by atoms with Crippen LogP contribution in [-0.2, 0) is 12.8 Å². The van der Waals surface area contributed by atoms with E-state index in [-0.39, 0.29) is 11.1 Å². The largest absolute Gasteiger partial charge is 0.271 e. The summed E-state index contributed by atoms with van der Waals surface area (Å²) in [5.41, 5.74) is 4.81. The van der Waals surface area contributed by atoms with Gasteiger partial charge in [0.15, 0.2) is 0 Å². The minimum Gasteiger partial charge on any atom is -0.271 e. The predicted molar refractivity (Wildman–Crippen MR) is 84.1 cm³/mol. The van der Waals surface area contributed by atoms with E-state index in [9.17, 15) is 4.39 Å². The van der Waals surface area contributed by atoms with Crippen molar-refractivity contribution in [3.05, 3.63) is 68.9 Å². The van der Waals surface area contributed by atoms with Crippen LogP contribution in [0.3, 0.4) is 0 Å². The van der Waals surface area contributed by atoms with Crippen molar-refractivity contribution in [1.29, 1.82) is 0 Å². The Bertz CT molecular complexity index is 592. The average Bonchev–Trinajstić information content (AvgIpc) is 2.42. The van der Waals surface area contributed by atoms with Crippen LogP contribution in [0.1, 0.15) is 11.1 Å². The molecule has 20 heavy (non-hydrogen) atoms. The number of nitrogens with one attached hydrogen (secondary N) is 1. The summed E-state index contributed by atoms with van der Waals surface area (Å²) in [4.78, 5) is 0. The third-order valence-electron chi connectivity index (χ3n) is 3.07. The van der Waals surface area contributed by atoms with Crippen LogP contribution in [0.4, 0.5) is 4.39 Å². The molecule has 0 aliphatic heterocycles. The molecule has 5 heteroatoms. The average molecular weight is 358 g/mol. The van der Waals surface area contributed by atoms with Gasteiger partial charge in [0.2, 0.25) is 0 Å². The second-order valence-electron chi connectivity index (χ2n) is 4.65. The number of hydrazine groups is 1. The van der Waals surface area contributed by atoms with E-state index in [2.05, 4.69) is 21.4 Å². The summed E-state index contributed by atoms with van der Waals surface area (Å²) in [7, 11) is 0. The van der Waals surface area contributed by atoms with Gasteiger partial charge in [0, 0.05) is 10.5 Å². The SMILES string of the molecule is NNC(Cc1cccc(Br)c1)Cc1ccc(Cl)c(F)c1. The van der Waals surface area contributed by atoms with Crippen molar-refractivity contribution in [3.8, 4) is 0 Å². The lowest BCUT2D eigenvalue weighted by Gasteiger charge is -2.16. The van der Waals surface area contributed by atoms with E-state index >= 15 is 0 Å². The number of hydrogen-bond acceptors (Lipinski definition) is 2. The molecule has 2 rings (SSSR count). The fraction of sp³-hybridized carbons (Fsp3) is 0.200. The summed E-state index contributed by atoms with van der Waals surface area (Å²) in [5, 5.41) is 0.137. The van der Waals surface area contributed by atoms with Crippen LogP contribution in [-0.4, -0.2) is 6.04 Å². The van der Waals surface area contributed by atoms with Gasteiger partial charge in [-0.05, 0) is 48.2 Å². The van der Waals surface area contributed by atoms with Crippen molar-refractivity contribution >= 4 is 27.5 Å². The van der Waals surface area contributed by atoms with Crippen LogP contribution in [0.5, 0.6) is 0 Å². The van der Waals surface area contributed by atoms with Crippen molar-refractivity contribution in [1.82, 2.24) is 5.43 Å². The van der Waals surface area contributed by atoms with Gasteiger partial charge in [-0.1, -0.05) is 45.7 Å². The Labute approximate surface area is 131 Å². The fourth-order valence-corrected chi connectivity index (χ4v) is 2.65. The number of hydrogen-bond donors (Lipinski definition) is 2. The molecule has 0 fully saturated rings. The van der Waals surface area contributed by atoms with Crippen molar-refractivity contribution in [2.45, 2.75) is 18.9 Å². The van der Waals surface area contributed by atoms with Crippen LogP contribution >= 0.6 is 27.5 Å². The van der Waals surface area contributed by atoms with E-state index in [0.717, 1.165) is 22.0 Å². The third kappa shape index (κ3) is 4.28. The second-order valence-corrected chi connectivity index (χ2v) is 5.97. The van der Waals surface area contributed by atoms with Crippen LogP contribution in [0.15, 0.2) is 46.9 Å². The van der Waals surface area contributed by atoms with Crippen molar-refractivity contribution in [3.63, 3.8) is 0 Å². The highest BCUT2D eigenvalue weighted by Gasteiger charge is 2.10. The molecule has 1 unspecified atom stereocenters. The van der Waals surface area contributed by atoms with Gasteiger partial charge in [-0.15, -0.1) is 0 Å². The quantitative estimate of drug-likeness (QED) is 0.630. The zero-order valence-corrected chi connectivity index (χ0v) is 13.1. The van der Waals surface area contributed by atoms with Gasteiger partial charge in [-0.25, -0.2) is 4.39 Å². The van der Waals surface area contributed by atoms with Gasteiger partial charge in [-0.3, -0.25) is 11.3 Å². The fourth-order valence-electron chi connectivity index (χ4n) is 2.09. The topological polar surface area (TPSA) is 38.0 Å². The molecule has 0 bridgehead atoms. The number of benzene rings is 2. The Hall–Kier alpha value is -0.940. The molecule has 0 saturated carbocycles. The lowest BCUT2D eigenvalue weighted by Crippen LogP contribution is -2.38. The van der Waals surface area contributed by atoms with E-state index in [1.165, 1.54) is 6.07 Å². The maximum absolute atomic E-state index is 13.4. The van der Waals surface area contributed by atoms with E-state index in [0.29, 0.717) is 6.42 Å². The molecule has 0 aliphatic rings. The molecule has 2 aromatic rings. The first-order valence-electron chi connectivity index (χ1n) is 6.23. The summed E-state index contributed by atoms with van der Waals surface area (Å²) in [6.45, 7) is 0. The molecule has 0 amide bonds. The molecule has 0 heterocycles. The van der Waals surface area contributed by atoms with Gasteiger partial charge < -0.3 is 0 Å². The molecular weight excluding hydrogens is 343 g/mol. The maximum atomic E-state index is 13.4. The van der Waals surface area contributed by atoms with Crippen LogP contribution in [0.25, 0.3) is 0 Å². The molecule has 3 N–H and O–H groups in total. The summed E-state index contributed by atoms with van der Waals surface area (Å²) >= 11 is 9.12. The highest BCUT2D eigenvalue weighted by Crippen LogP contribution is 2.18. The molecule has 2 aromatic carbocycles. The lowest BCUT2D eigenvalue weighted by atomic mass is 9.99. The number of rotatable bonds is 5. The monoisotopic (exact) mass is 356 g/mol. The first-order valence-corrected chi connectivity index (χ1v) is 7.40. The summed E-state index contributed by atoms with van der Waals surface area (Å²) in [5.74, 6) is 5.19. The lowest BCUT2D eigenvalue weighted by molar-refractivity contribution is 0.520. The molecule has 0 spiro atoms. The predicted octanol–water partition coefficient (Wildman–Crippen LogP) is 3.86. The first kappa shape index (κ1) is 15.4. The Kier molecular flexibility index (Phi) is 5.54. The van der Waals surface area contributed by atoms with E-state index in [1.54, 1.807) is 6.07 Å². The van der Waals surface area contributed by atoms with Crippen molar-refractivity contribution < 1.29 is 4.39 Å². The Morgan fingerprint density at radius 1 is 1.15 bits per heavy atom. The molecule has 0 saturated heterocycles.